The third-order valence-electron chi connectivity index (χ3n) is 7.89. The largest absolute Gasteiger partial charge is 0.389 e. The average molecular weight is 586 g/mol. The second-order valence-electron chi connectivity index (χ2n) is 10.8. The summed E-state index contributed by atoms with van der Waals surface area (Å²) in [5.74, 6) is 0.442. The fourth-order valence-electron chi connectivity index (χ4n) is 5.59. The van der Waals surface area contributed by atoms with Crippen LogP contribution < -0.4 is 10.6 Å². The van der Waals surface area contributed by atoms with Crippen molar-refractivity contribution in [2.24, 2.45) is 0 Å². The minimum Gasteiger partial charge on any atom is -0.389 e. The lowest BCUT2D eigenvalue weighted by atomic mass is 9.99. The number of hydrogen-bond donors (Lipinski definition) is 3. The third kappa shape index (κ3) is 5.79. The number of hydrogen-bond acceptors (Lipinski definition) is 10. The monoisotopic (exact) mass is 585 g/mol. The summed E-state index contributed by atoms with van der Waals surface area (Å²) in [5.41, 5.74) is 7.45. The quantitative estimate of drug-likeness (QED) is 0.270. The summed E-state index contributed by atoms with van der Waals surface area (Å²) in [5, 5.41) is 16.6. The lowest BCUT2D eigenvalue weighted by Crippen LogP contribution is -2.54. The minimum atomic E-state index is -0.343. The van der Waals surface area contributed by atoms with Crippen molar-refractivity contribution in [3.63, 3.8) is 0 Å². The molecule has 2 aromatic heterocycles. The zero-order valence-corrected chi connectivity index (χ0v) is 24.9. The molecule has 11 heteroatoms. The number of anilines is 3. The number of carbonyl (C=O) groups is 1. The molecular weight excluding hydrogens is 550 g/mol. The maximum Gasteiger partial charge on any atom is 0.244 e. The number of aromatic nitrogens is 3. The molecule has 1 fully saturated rings. The molecular formula is C31H35N7O3S. The van der Waals surface area contributed by atoms with Gasteiger partial charge in [-0.3, -0.25) is 9.69 Å². The smallest absolute Gasteiger partial charge is 0.244 e. The number of allylic oxidation sites excluding steroid dienone is 1. The summed E-state index contributed by atoms with van der Waals surface area (Å²) in [6, 6.07) is 11.6. The van der Waals surface area contributed by atoms with Crippen LogP contribution in [-0.4, -0.2) is 88.8 Å². The van der Waals surface area contributed by atoms with E-state index in [0.717, 1.165) is 75.7 Å². The number of aliphatic hydroxyl groups excluding tert-OH is 1. The van der Waals surface area contributed by atoms with E-state index < -0.39 is 0 Å². The highest BCUT2D eigenvalue weighted by Gasteiger charge is 2.30. The molecule has 1 aliphatic carbocycles. The zero-order chi connectivity index (χ0) is 29.2. The van der Waals surface area contributed by atoms with Gasteiger partial charge in [0.2, 0.25) is 11.9 Å². The van der Waals surface area contributed by atoms with E-state index in [1.165, 1.54) is 11.3 Å². The van der Waals surface area contributed by atoms with Crippen molar-refractivity contribution in [3.05, 3.63) is 76.1 Å². The molecule has 6 rings (SSSR count). The zero-order valence-electron chi connectivity index (χ0n) is 24.1. The van der Waals surface area contributed by atoms with Crippen LogP contribution in [0.2, 0.25) is 0 Å². The number of rotatable bonds is 9. The lowest BCUT2D eigenvalue weighted by Gasteiger charge is -2.36. The summed E-state index contributed by atoms with van der Waals surface area (Å²) in [4.78, 5) is 31.9. The number of carbonyl (C=O) groups excluding carboxylic acids is 1. The first kappa shape index (κ1) is 28.4. The predicted molar refractivity (Wildman–Crippen MR) is 166 cm³/mol. The van der Waals surface area contributed by atoms with Crippen molar-refractivity contribution < 1.29 is 14.6 Å². The topological polar surface area (TPSA) is 116 Å². The highest BCUT2D eigenvalue weighted by atomic mass is 32.1. The normalized spacial score (nSPS) is 16.3. The van der Waals surface area contributed by atoms with E-state index >= 15 is 0 Å². The van der Waals surface area contributed by atoms with E-state index in [1.807, 2.05) is 43.5 Å². The van der Waals surface area contributed by atoms with Gasteiger partial charge in [0.1, 0.15) is 11.0 Å². The first-order valence-corrected chi connectivity index (χ1v) is 14.9. The van der Waals surface area contributed by atoms with Gasteiger partial charge in [-0.15, -0.1) is 11.3 Å². The van der Waals surface area contributed by atoms with E-state index in [1.54, 1.807) is 7.11 Å². The van der Waals surface area contributed by atoms with Crippen molar-refractivity contribution in [3.8, 4) is 0 Å². The number of thiazole rings is 1. The van der Waals surface area contributed by atoms with Gasteiger partial charge in [0, 0.05) is 56.4 Å². The van der Waals surface area contributed by atoms with Gasteiger partial charge in [-0.1, -0.05) is 18.2 Å². The Labute approximate surface area is 249 Å². The Morgan fingerprint density at radius 1 is 1.17 bits per heavy atom. The number of amides is 1. The van der Waals surface area contributed by atoms with E-state index in [-0.39, 0.29) is 18.6 Å². The van der Waals surface area contributed by atoms with Crippen LogP contribution in [0.15, 0.2) is 48.7 Å². The molecule has 0 bridgehead atoms. The molecule has 4 aromatic rings. The van der Waals surface area contributed by atoms with Gasteiger partial charge in [-0.05, 0) is 61.3 Å². The number of aryl methyl sites for hydroxylation is 1. The molecule has 0 saturated carbocycles. The van der Waals surface area contributed by atoms with Crippen LogP contribution in [0.3, 0.4) is 0 Å². The van der Waals surface area contributed by atoms with Gasteiger partial charge in [-0.25, -0.2) is 15.0 Å². The Kier molecular flexibility index (Phi) is 8.27. The van der Waals surface area contributed by atoms with Gasteiger partial charge in [0.25, 0.3) is 0 Å². The van der Waals surface area contributed by atoms with Crippen LogP contribution >= 0.6 is 11.3 Å². The average Bonchev–Trinajstić information content (AvgIpc) is 3.62. The molecule has 0 spiro atoms. The third-order valence-corrected chi connectivity index (χ3v) is 8.91. The van der Waals surface area contributed by atoms with E-state index in [0.29, 0.717) is 24.0 Å². The van der Waals surface area contributed by atoms with E-state index in [9.17, 15) is 9.90 Å². The number of benzene rings is 2. The van der Waals surface area contributed by atoms with Gasteiger partial charge in [0.15, 0.2) is 0 Å². The van der Waals surface area contributed by atoms with Crippen LogP contribution in [0.1, 0.15) is 27.4 Å². The molecule has 218 valence electrons. The summed E-state index contributed by atoms with van der Waals surface area (Å²) in [6.07, 6.45) is 4.69. The van der Waals surface area contributed by atoms with Gasteiger partial charge in [-0.2, -0.15) is 0 Å². The molecule has 1 saturated heterocycles. The highest BCUT2D eigenvalue weighted by Crippen LogP contribution is 2.37. The number of nitrogens with one attached hydrogen (secondary N) is 2. The molecule has 42 heavy (non-hydrogen) atoms. The summed E-state index contributed by atoms with van der Waals surface area (Å²) < 4.78 is 6.46. The molecule has 2 aromatic carbocycles. The molecule has 3 N–H and O–H groups in total. The van der Waals surface area contributed by atoms with E-state index in [2.05, 4.69) is 49.6 Å². The minimum absolute atomic E-state index is 0.0452. The van der Waals surface area contributed by atoms with Gasteiger partial charge in [0.05, 0.1) is 29.1 Å². The van der Waals surface area contributed by atoms with Crippen LogP contribution in [0.4, 0.5) is 17.3 Å². The fourth-order valence-corrected chi connectivity index (χ4v) is 6.40. The van der Waals surface area contributed by atoms with Crippen molar-refractivity contribution in [1.82, 2.24) is 24.8 Å². The molecule has 10 nitrogen and oxygen atoms in total. The van der Waals surface area contributed by atoms with Crippen LogP contribution in [0.5, 0.6) is 0 Å². The van der Waals surface area contributed by atoms with Crippen LogP contribution in [0.25, 0.3) is 15.8 Å². The predicted octanol–water partition coefficient (Wildman–Crippen LogP) is 3.82. The highest BCUT2D eigenvalue weighted by molar-refractivity contribution is 7.18. The van der Waals surface area contributed by atoms with Crippen LogP contribution in [0, 0.1) is 6.92 Å². The fraction of sp³-hybridized carbons (Fsp3) is 0.355. The first-order chi connectivity index (χ1) is 20.4. The number of aliphatic hydroxyl groups is 1. The number of ether oxygens (including phenoxy) is 1. The van der Waals surface area contributed by atoms with E-state index in [4.69, 9.17) is 9.72 Å². The second-order valence-corrected chi connectivity index (χ2v) is 11.9. The number of piperazine rings is 1. The summed E-state index contributed by atoms with van der Waals surface area (Å²) in [7, 11) is 3.75. The number of nitrogens with zero attached hydrogens (tertiary/aromatic N) is 5. The lowest BCUT2D eigenvalue weighted by molar-refractivity contribution is -0.124. The van der Waals surface area contributed by atoms with Crippen molar-refractivity contribution in [2.45, 2.75) is 26.0 Å². The van der Waals surface area contributed by atoms with Crippen molar-refractivity contribution in [2.75, 3.05) is 57.6 Å². The second kappa shape index (κ2) is 12.2. The molecule has 1 atom stereocenters. The molecule has 2 aliphatic rings. The SMILES string of the molecule is COC[C@H](C(=O)Nc1cccc2c1CC=C2c1nc(Nc2ccc3sc(CO)nc3c2)ncc1C)N1CCN(C)CC1. The van der Waals surface area contributed by atoms with Gasteiger partial charge >= 0.3 is 0 Å². The standard InChI is InChI=1S/C31H35N7O3S/c1-19-16-32-31(33-20-7-10-27-25(15-20)34-28(17-39)42-27)36-29(19)23-9-8-22-21(23)5-4-6-24(22)35-30(40)26(18-41-3)38-13-11-37(2)12-14-38/h4-7,9-10,15-16,26,39H,8,11-14,17-18H2,1-3H3,(H,35,40)(H,32,33,36)/t26-/m1/s1. The Morgan fingerprint density at radius 2 is 2.00 bits per heavy atom. The Balaban J connectivity index is 1.22. The molecule has 0 unspecified atom stereocenters. The summed E-state index contributed by atoms with van der Waals surface area (Å²) >= 11 is 1.48. The number of methoxy groups -OCH3 is 1. The van der Waals surface area contributed by atoms with Gasteiger partial charge < -0.3 is 25.4 Å². The maximum atomic E-state index is 13.5. The maximum absolute atomic E-state index is 13.5. The number of fused-ring (bicyclic) bond motifs is 2. The Bertz CT molecular complexity index is 1650. The Morgan fingerprint density at radius 3 is 2.79 bits per heavy atom. The molecule has 1 amide bonds. The summed E-state index contributed by atoms with van der Waals surface area (Å²) in [6.45, 7) is 5.82. The van der Waals surface area contributed by atoms with Crippen molar-refractivity contribution >= 4 is 50.4 Å². The number of likely N-dealkylation sites (N-methyl/N-ethyl adjacent to an activating group) is 1. The van der Waals surface area contributed by atoms with Crippen LogP contribution in [-0.2, 0) is 22.6 Å². The van der Waals surface area contributed by atoms with Crippen molar-refractivity contribution in [1.29, 1.82) is 0 Å². The molecule has 3 heterocycles. The molecule has 1 aliphatic heterocycles. The molecule has 0 radical (unpaired) electrons. The first-order valence-electron chi connectivity index (χ1n) is 14.1. The Hall–Kier alpha value is -3.74.